The molecule has 7 nitrogen and oxygen atoms in total. The summed E-state index contributed by atoms with van der Waals surface area (Å²) in [4.78, 5) is 21.2. The molecule has 2 fully saturated rings. The number of carbonyl (C=O) groups is 2. The standard InChI is InChI=1S/C23H20Cl2F2N2O3.C2HF3O2/c1-22(10-32-11-22)8-17-23(9-28,14-6-5-12(24)7-16(14)26)18(20(29-17)21(30)31)13-3-2-4-15(25)19(13)27;3-2(4,5)1(6)7/h2-7,17-18,20,29H,8,10-11H2,1H3,(H,30,31);(H,6,7)/t17-,18-,20+,23-;/m0./s1. The third-order valence-electron chi connectivity index (χ3n) is 6.74. The van der Waals surface area contributed by atoms with E-state index in [0.29, 0.717) is 19.6 Å². The molecule has 2 aliphatic rings. The van der Waals surface area contributed by atoms with Crippen molar-refractivity contribution in [3.63, 3.8) is 0 Å². The predicted molar refractivity (Wildman–Crippen MR) is 128 cm³/mol. The average molecular weight is 595 g/mol. The lowest BCUT2D eigenvalue weighted by Crippen LogP contribution is -2.50. The third kappa shape index (κ3) is 5.96. The van der Waals surface area contributed by atoms with Crippen LogP contribution in [-0.4, -0.2) is 53.6 Å². The monoisotopic (exact) mass is 594 g/mol. The van der Waals surface area contributed by atoms with Gasteiger partial charge >= 0.3 is 18.1 Å². The van der Waals surface area contributed by atoms with Gasteiger partial charge in [0.2, 0.25) is 0 Å². The number of aliphatic carboxylic acids is 2. The summed E-state index contributed by atoms with van der Waals surface area (Å²) in [7, 11) is 0. The van der Waals surface area contributed by atoms with Gasteiger partial charge in [-0.15, -0.1) is 0 Å². The zero-order valence-electron chi connectivity index (χ0n) is 20.0. The van der Waals surface area contributed by atoms with Crippen LogP contribution in [0.1, 0.15) is 30.4 Å². The van der Waals surface area contributed by atoms with Crippen molar-refractivity contribution in [2.75, 3.05) is 13.2 Å². The molecule has 0 bridgehead atoms. The Morgan fingerprint density at radius 3 is 2.26 bits per heavy atom. The Bertz CT molecular complexity index is 1310. The third-order valence-corrected chi connectivity index (χ3v) is 7.27. The molecule has 2 aromatic rings. The predicted octanol–water partition coefficient (Wildman–Crippen LogP) is 5.30. The maximum Gasteiger partial charge on any atom is 0.490 e. The lowest BCUT2D eigenvalue weighted by Gasteiger charge is -2.43. The van der Waals surface area contributed by atoms with Gasteiger partial charge in [-0.1, -0.05) is 48.3 Å². The molecule has 0 amide bonds. The molecule has 210 valence electrons. The lowest BCUT2D eigenvalue weighted by atomic mass is 9.62. The van der Waals surface area contributed by atoms with Crippen LogP contribution in [0.3, 0.4) is 0 Å². The van der Waals surface area contributed by atoms with Crippen molar-refractivity contribution in [3.05, 3.63) is 69.2 Å². The highest BCUT2D eigenvalue weighted by Gasteiger charge is 2.62. The van der Waals surface area contributed by atoms with Gasteiger partial charge in [0.15, 0.2) is 0 Å². The number of hydrogen-bond donors (Lipinski definition) is 3. The number of nitrogens with one attached hydrogen (secondary N) is 1. The van der Waals surface area contributed by atoms with Crippen molar-refractivity contribution in [2.24, 2.45) is 5.41 Å². The fourth-order valence-electron chi connectivity index (χ4n) is 4.99. The van der Waals surface area contributed by atoms with Gasteiger partial charge < -0.3 is 14.9 Å². The second kappa shape index (κ2) is 11.3. The Balaban J connectivity index is 0.000000532. The molecule has 2 aliphatic heterocycles. The van der Waals surface area contributed by atoms with E-state index in [1.807, 2.05) is 6.92 Å². The molecule has 2 aromatic carbocycles. The van der Waals surface area contributed by atoms with Gasteiger partial charge in [0.05, 0.1) is 24.3 Å². The van der Waals surface area contributed by atoms with Gasteiger partial charge in [-0.05, 0) is 30.2 Å². The minimum Gasteiger partial charge on any atom is -0.480 e. The fraction of sp³-hybridized carbons (Fsp3) is 0.400. The number of halogens is 7. The van der Waals surface area contributed by atoms with Crippen molar-refractivity contribution >= 4 is 35.1 Å². The number of rotatable bonds is 5. The Hall–Kier alpha value is -2.98. The van der Waals surface area contributed by atoms with Gasteiger partial charge in [-0.2, -0.15) is 18.4 Å². The highest BCUT2D eigenvalue weighted by Crippen LogP contribution is 2.53. The normalized spacial score (nSPS) is 25.6. The van der Waals surface area contributed by atoms with E-state index < -0.39 is 53.2 Å². The summed E-state index contributed by atoms with van der Waals surface area (Å²) in [6.45, 7) is 2.79. The van der Waals surface area contributed by atoms with E-state index in [2.05, 4.69) is 11.4 Å². The summed E-state index contributed by atoms with van der Waals surface area (Å²) in [6, 6.07) is 8.11. The van der Waals surface area contributed by atoms with E-state index in [1.54, 1.807) is 0 Å². The van der Waals surface area contributed by atoms with Gasteiger partial charge in [0.1, 0.15) is 23.1 Å². The maximum absolute atomic E-state index is 15.3. The van der Waals surface area contributed by atoms with E-state index in [1.165, 1.54) is 30.3 Å². The van der Waals surface area contributed by atoms with E-state index in [-0.39, 0.29) is 26.6 Å². The largest absolute Gasteiger partial charge is 0.490 e. The number of nitrogens with zero attached hydrogens (tertiary/aromatic N) is 1. The Morgan fingerprint density at radius 2 is 1.79 bits per heavy atom. The van der Waals surface area contributed by atoms with E-state index >= 15 is 8.78 Å². The molecule has 4 atom stereocenters. The molecule has 14 heteroatoms. The summed E-state index contributed by atoms with van der Waals surface area (Å²) in [5.74, 6) is -6.89. The van der Waals surface area contributed by atoms with Crippen LogP contribution >= 0.6 is 23.2 Å². The van der Waals surface area contributed by atoms with Gasteiger partial charge in [-0.25, -0.2) is 13.6 Å². The number of carboxylic acids is 2. The van der Waals surface area contributed by atoms with Crippen molar-refractivity contribution in [1.29, 1.82) is 5.26 Å². The van der Waals surface area contributed by atoms with Crippen molar-refractivity contribution in [2.45, 2.75) is 42.9 Å². The second-order valence-corrected chi connectivity index (χ2v) is 10.4. The molecule has 0 aliphatic carbocycles. The molecule has 0 spiro atoms. The molecular formula is C25H21Cl2F5N2O5. The number of alkyl halides is 3. The topological polar surface area (TPSA) is 120 Å². The van der Waals surface area contributed by atoms with Crippen molar-refractivity contribution < 1.29 is 46.5 Å². The van der Waals surface area contributed by atoms with E-state index in [9.17, 15) is 28.3 Å². The zero-order valence-corrected chi connectivity index (χ0v) is 21.5. The van der Waals surface area contributed by atoms with Gasteiger partial charge in [0, 0.05) is 28.0 Å². The van der Waals surface area contributed by atoms with E-state index in [4.69, 9.17) is 37.8 Å². The van der Waals surface area contributed by atoms with Crippen molar-refractivity contribution in [3.8, 4) is 6.07 Å². The van der Waals surface area contributed by atoms with Gasteiger partial charge in [0.25, 0.3) is 0 Å². The van der Waals surface area contributed by atoms with Crippen LogP contribution in [0.25, 0.3) is 0 Å². The summed E-state index contributed by atoms with van der Waals surface area (Å²) in [5.41, 5.74) is -2.19. The Kier molecular flexibility index (Phi) is 8.82. The quantitative estimate of drug-likeness (QED) is 0.402. The first-order valence-corrected chi connectivity index (χ1v) is 12.0. The van der Waals surface area contributed by atoms with Crippen LogP contribution in [0.15, 0.2) is 36.4 Å². The molecule has 2 saturated heterocycles. The van der Waals surface area contributed by atoms with Gasteiger partial charge in [-0.3, -0.25) is 10.1 Å². The molecule has 39 heavy (non-hydrogen) atoms. The number of hydrogen-bond acceptors (Lipinski definition) is 5. The van der Waals surface area contributed by atoms with Crippen LogP contribution in [0.2, 0.25) is 10.0 Å². The molecule has 3 N–H and O–H groups in total. The van der Waals surface area contributed by atoms with Crippen LogP contribution in [0.4, 0.5) is 22.0 Å². The number of carboxylic acid groups (broad SMARTS) is 2. The highest BCUT2D eigenvalue weighted by molar-refractivity contribution is 6.31. The molecule has 0 aromatic heterocycles. The second-order valence-electron chi connectivity index (χ2n) is 9.57. The molecule has 4 rings (SSSR count). The SMILES string of the molecule is CC1(C[C@@H]2N[C@@H](C(=O)O)[C@H](c3cccc(Cl)c3F)[C@@]2(C#N)c2ccc(Cl)cc2F)COC1.O=C(O)C(F)(F)F. The van der Waals surface area contributed by atoms with Crippen molar-refractivity contribution in [1.82, 2.24) is 5.32 Å². The zero-order chi connectivity index (χ0) is 29.3. The fourth-order valence-corrected chi connectivity index (χ4v) is 5.33. The first-order chi connectivity index (χ1) is 18.1. The first-order valence-electron chi connectivity index (χ1n) is 11.2. The lowest BCUT2D eigenvalue weighted by molar-refractivity contribution is -0.192. The molecular weight excluding hydrogens is 574 g/mol. The Labute approximate surface area is 229 Å². The minimum absolute atomic E-state index is 0.0427. The molecule has 0 radical (unpaired) electrons. The Morgan fingerprint density at radius 1 is 1.18 bits per heavy atom. The minimum atomic E-state index is -5.08. The molecule has 0 unspecified atom stereocenters. The summed E-state index contributed by atoms with van der Waals surface area (Å²) in [6.07, 6.45) is -4.76. The van der Waals surface area contributed by atoms with Crippen LogP contribution < -0.4 is 5.32 Å². The number of nitriles is 1. The summed E-state index contributed by atoms with van der Waals surface area (Å²) in [5, 5.41) is 30.6. The van der Waals surface area contributed by atoms with Crippen LogP contribution in [0.5, 0.6) is 0 Å². The van der Waals surface area contributed by atoms with Crippen LogP contribution in [-0.2, 0) is 19.7 Å². The first kappa shape index (κ1) is 30.6. The molecule has 0 saturated carbocycles. The maximum atomic E-state index is 15.3. The highest BCUT2D eigenvalue weighted by atomic mass is 35.5. The van der Waals surface area contributed by atoms with Crippen LogP contribution in [0, 0.1) is 28.4 Å². The van der Waals surface area contributed by atoms with E-state index in [0.717, 1.165) is 6.07 Å². The average Bonchev–Trinajstić information content (AvgIpc) is 3.14. The summed E-state index contributed by atoms with van der Waals surface area (Å²) >= 11 is 11.9. The molecule has 2 heterocycles. The summed E-state index contributed by atoms with van der Waals surface area (Å²) < 4.78 is 67.5. The smallest absolute Gasteiger partial charge is 0.480 e. The number of ether oxygens (including phenoxy) is 1. The number of benzene rings is 2.